The molecule has 1 aromatic rings. The van der Waals surface area contributed by atoms with Crippen LogP contribution in [0.5, 0.6) is 0 Å². The van der Waals surface area contributed by atoms with Crippen molar-refractivity contribution in [1.82, 2.24) is 5.32 Å². The average Bonchev–Trinajstić information content (AvgIpc) is 2.55. The van der Waals surface area contributed by atoms with Crippen molar-refractivity contribution in [2.24, 2.45) is 0 Å². The van der Waals surface area contributed by atoms with Crippen LogP contribution < -0.4 is 5.32 Å². The second-order valence-electron chi connectivity index (χ2n) is 3.85. The quantitative estimate of drug-likeness (QED) is 0.663. The molecule has 1 aliphatic heterocycles. The lowest BCUT2D eigenvalue weighted by Gasteiger charge is -2.22. The second kappa shape index (κ2) is 2.91. The molecule has 0 bridgehead atoms. The summed E-state index contributed by atoms with van der Waals surface area (Å²) in [5.41, 5.74) is 1.84. The number of hydrogen-bond donors (Lipinski definition) is 1. The van der Waals surface area contributed by atoms with E-state index in [9.17, 15) is 0 Å². The number of hydrogen-bond acceptors (Lipinski definition) is 1. The first-order chi connectivity index (χ1) is 5.81. The summed E-state index contributed by atoms with van der Waals surface area (Å²) in [6.45, 7) is 4.62. The Balaban J connectivity index is 2.29. The standard InChI is InChI=1S/C11H15N/c1-11(7-8-12-9-11)10-5-3-2-4-6-10/h2-6,12H,7-9H2,1H3/t11-/m1/s1. The van der Waals surface area contributed by atoms with Gasteiger partial charge in [-0.2, -0.15) is 0 Å². The lowest BCUT2D eigenvalue weighted by molar-refractivity contribution is 0.525. The summed E-state index contributed by atoms with van der Waals surface area (Å²) in [6.07, 6.45) is 1.26. The first kappa shape index (κ1) is 7.81. The van der Waals surface area contributed by atoms with Gasteiger partial charge in [0.15, 0.2) is 0 Å². The van der Waals surface area contributed by atoms with E-state index in [2.05, 4.69) is 42.6 Å². The summed E-state index contributed by atoms with van der Waals surface area (Å²) in [5.74, 6) is 0. The van der Waals surface area contributed by atoms with Gasteiger partial charge in [-0.1, -0.05) is 37.3 Å². The summed E-state index contributed by atoms with van der Waals surface area (Å²) in [4.78, 5) is 0. The molecule has 0 amide bonds. The summed E-state index contributed by atoms with van der Waals surface area (Å²) in [6, 6.07) is 10.8. The van der Waals surface area contributed by atoms with E-state index >= 15 is 0 Å². The van der Waals surface area contributed by atoms with Gasteiger partial charge in [0.05, 0.1) is 0 Å². The van der Waals surface area contributed by atoms with E-state index in [1.807, 2.05) is 0 Å². The van der Waals surface area contributed by atoms with Gasteiger partial charge in [-0.3, -0.25) is 0 Å². The molecular weight excluding hydrogens is 146 g/mol. The maximum Gasteiger partial charge on any atom is 0.00615 e. The van der Waals surface area contributed by atoms with Crippen molar-refractivity contribution in [3.8, 4) is 0 Å². The molecular formula is C11H15N. The highest BCUT2D eigenvalue weighted by Crippen LogP contribution is 2.29. The highest BCUT2D eigenvalue weighted by molar-refractivity contribution is 5.26. The fraction of sp³-hybridized carbons (Fsp3) is 0.455. The Hall–Kier alpha value is -0.820. The van der Waals surface area contributed by atoms with Crippen molar-refractivity contribution >= 4 is 0 Å². The van der Waals surface area contributed by atoms with Crippen LogP contribution in [-0.4, -0.2) is 13.1 Å². The van der Waals surface area contributed by atoms with Crippen molar-refractivity contribution in [2.75, 3.05) is 13.1 Å². The largest absolute Gasteiger partial charge is 0.316 e. The zero-order valence-electron chi connectivity index (χ0n) is 7.51. The van der Waals surface area contributed by atoms with Crippen molar-refractivity contribution in [1.29, 1.82) is 0 Å². The van der Waals surface area contributed by atoms with Crippen molar-refractivity contribution in [2.45, 2.75) is 18.8 Å². The molecule has 1 heterocycles. The summed E-state index contributed by atoms with van der Waals surface area (Å²) < 4.78 is 0. The molecule has 1 saturated heterocycles. The molecule has 1 aromatic carbocycles. The zero-order valence-corrected chi connectivity index (χ0v) is 7.51. The molecule has 2 rings (SSSR count). The predicted octanol–water partition coefficient (Wildman–Crippen LogP) is 1.94. The van der Waals surface area contributed by atoms with E-state index in [0.717, 1.165) is 13.1 Å². The number of nitrogens with one attached hydrogen (secondary N) is 1. The minimum absolute atomic E-state index is 0.376. The van der Waals surface area contributed by atoms with Gasteiger partial charge in [0, 0.05) is 12.0 Å². The van der Waals surface area contributed by atoms with Crippen LogP contribution in [-0.2, 0) is 5.41 Å². The van der Waals surface area contributed by atoms with Crippen LogP contribution in [0.25, 0.3) is 0 Å². The molecule has 1 fully saturated rings. The van der Waals surface area contributed by atoms with E-state index in [1.54, 1.807) is 0 Å². The second-order valence-corrected chi connectivity index (χ2v) is 3.85. The molecule has 0 radical (unpaired) electrons. The maximum absolute atomic E-state index is 3.41. The third-order valence-electron chi connectivity index (χ3n) is 2.84. The van der Waals surface area contributed by atoms with E-state index in [4.69, 9.17) is 0 Å². The average molecular weight is 161 g/mol. The van der Waals surface area contributed by atoms with Crippen molar-refractivity contribution < 1.29 is 0 Å². The van der Waals surface area contributed by atoms with Gasteiger partial charge < -0.3 is 5.32 Å². The van der Waals surface area contributed by atoms with Gasteiger partial charge in [-0.05, 0) is 18.5 Å². The summed E-state index contributed by atoms with van der Waals surface area (Å²) in [5, 5.41) is 3.41. The Bertz CT molecular complexity index is 247. The molecule has 12 heavy (non-hydrogen) atoms. The first-order valence-electron chi connectivity index (χ1n) is 4.57. The van der Waals surface area contributed by atoms with Crippen LogP contribution in [0.15, 0.2) is 30.3 Å². The molecule has 0 aromatic heterocycles. The Morgan fingerprint density at radius 1 is 1.25 bits per heavy atom. The lowest BCUT2D eigenvalue weighted by atomic mass is 9.82. The monoisotopic (exact) mass is 161 g/mol. The van der Waals surface area contributed by atoms with E-state index in [0.29, 0.717) is 5.41 Å². The third-order valence-corrected chi connectivity index (χ3v) is 2.84. The fourth-order valence-electron chi connectivity index (χ4n) is 1.90. The van der Waals surface area contributed by atoms with Crippen LogP contribution in [0.3, 0.4) is 0 Å². The molecule has 1 N–H and O–H groups in total. The summed E-state index contributed by atoms with van der Waals surface area (Å²) in [7, 11) is 0. The Kier molecular flexibility index (Phi) is 1.89. The predicted molar refractivity (Wildman–Crippen MR) is 51.3 cm³/mol. The Labute approximate surface area is 73.8 Å². The molecule has 1 heteroatoms. The Morgan fingerprint density at radius 2 is 2.00 bits per heavy atom. The molecule has 64 valence electrons. The van der Waals surface area contributed by atoms with Crippen LogP contribution >= 0.6 is 0 Å². The van der Waals surface area contributed by atoms with Crippen LogP contribution in [0.1, 0.15) is 18.9 Å². The topological polar surface area (TPSA) is 12.0 Å². The van der Waals surface area contributed by atoms with Crippen LogP contribution in [0.2, 0.25) is 0 Å². The third kappa shape index (κ3) is 1.25. The highest BCUT2D eigenvalue weighted by Gasteiger charge is 2.29. The molecule has 1 atom stereocenters. The SMILES string of the molecule is C[C@@]1(c2ccccc2)CCNC1. The molecule has 0 spiro atoms. The van der Waals surface area contributed by atoms with Gasteiger partial charge in [-0.15, -0.1) is 0 Å². The molecule has 0 unspecified atom stereocenters. The van der Waals surface area contributed by atoms with Crippen molar-refractivity contribution in [3.05, 3.63) is 35.9 Å². The van der Waals surface area contributed by atoms with E-state index < -0.39 is 0 Å². The van der Waals surface area contributed by atoms with Gasteiger partial charge in [-0.25, -0.2) is 0 Å². The number of benzene rings is 1. The number of rotatable bonds is 1. The zero-order chi connectivity index (χ0) is 8.44. The smallest absolute Gasteiger partial charge is 0.00615 e. The molecule has 1 nitrogen and oxygen atoms in total. The van der Waals surface area contributed by atoms with Gasteiger partial charge in [0.2, 0.25) is 0 Å². The maximum atomic E-state index is 3.41. The molecule has 1 aliphatic rings. The first-order valence-corrected chi connectivity index (χ1v) is 4.57. The lowest BCUT2D eigenvalue weighted by Crippen LogP contribution is -2.24. The minimum atomic E-state index is 0.376. The molecule has 0 saturated carbocycles. The normalized spacial score (nSPS) is 29.1. The van der Waals surface area contributed by atoms with Gasteiger partial charge in [0.1, 0.15) is 0 Å². The minimum Gasteiger partial charge on any atom is -0.316 e. The van der Waals surface area contributed by atoms with Gasteiger partial charge >= 0.3 is 0 Å². The highest BCUT2D eigenvalue weighted by atomic mass is 14.9. The molecule has 0 aliphatic carbocycles. The van der Waals surface area contributed by atoms with Crippen LogP contribution in [0, 0.1) is 0 Å². The van der Waals surface area contributed by atoms with E-state index in [1.165, 1.54) is 12.0 Å². The fourth-order valence-corrected chi connectivity index (χ4v) is 1.90. The van der Waals surface area contributed by atoms with Gasteiger partial charge in [0.25, 0.3) is 0 Å². The van der Waals surface area contributed by atoms with E-state index in [-0.39, 0.29) is 0 Å². The Morgan fingerprint density at radius 3 is 2.58 bits per heavy atom. The van der Waals surface area contributed by atoms with Crippen LogP contribution in [0.4, 0.5) is 0 Å². The van der Waals surface area contributed by atoms with Crippen molar-refractivity contribution in [3.63, 3.8) is 0 Å². The summed E-state index contributed by atoms with van der Waals surface area (Å²) >= 11 is 0.